The van der Waals surface area contributed by atoms with Gasteiger partial charge in [0.2, 0.25) is 0 Å². The Morgan fingerprint density at radius 3 is 2.67 bits per heavy atom. The second-order valence-electron chi connectivity index (χ2n) is 6.11. The fourth-order valence-electron chi connectivity index (χ4n) is 2.71. The van der Waals surface area contributed by atoms with E-state index < -0.39 is 0 Å². The van der Waals surface area contributed by atoms with Gasteiger partial charge in [-0.15, -0.1) is 0 Å². The normalized spacial score (nSPS) is 10.7. The van der Waals surface area contributed by atoms with Gasteiger partial charge in [0.1, 0.15) is 24.0 Å². The maximum Gasteiger partial charge on any atom is 0.256 e. The summed E-state index contributed by atoms with van der Waals surface area (Å²) in [6.07, 6.45) is 3.60. The molecule has 134 valence electrons. The van der Waals surface area contributed by atoms with Crippen LogP contribution in [-0.2, 0) is 13.7 Å². The summed E-state index contributed by atoms with van der Waals surface area (Å²) in [7, 11) is 1.92. The van der Waals surface area contributed by atoms with Crippen molar-refractivity contribution in [2.45, 2.75) is 6.61 Å². The van der Waals surface area contributed by atoms with E-state index in [1.54, 1.807) is 36.5 Å². The molecule has 0 aliphatic heterocycles. The lowest BCUT2D eigenvalue weighted by atomic mass is 10.2. The highest BCUT2D eigenvalue weighted by Crippen LogP contribution is 2.17. The van der Waals surface area contributed by atoms with Gasteiger partial charge in [0.15, 0.2) is 0 Å². The number of imidazole rings is 1. The van der Waals surface area contributed by atoms with Crippen LogP contribution in [0.1, 0.15) is 16.2 Å². The van der Waals surface area contributed by atoms with Crippen molar-refractivity contribution in [3.63, 3.8) is 0 Å². The molecule has 0 aliphatic rings. The van der Waals surface area contributed by atoms with Crippen LogP contribution in [0.3, 0.4) is 0 Å². The van der Waals surface area contributed by atoms with E-state index in [0.717, 1.165) is 16.7 Å². The van der Waals surface area contributed by atoms with E-state index in [2.05, 4.69) is 15.3 Å². The summed E-state index contributed by atoms with van der Waals surface area (Å²) in [5.41, 5.74) is 1.38. The molecule has 4 aromatic rings. The van der Waals surface area contributed by atoms with E-state index >= 15 is 0 Å². The summed E-state index contributed by atoms with van der Waals surface area (Å²) in [6, 6.07) is 18.5. The molecule has 2 aromatic carbocycles. The zero-order valence-corrected chi connectivity index (χ0v) is 14.8. The third kappa shape index (κ3) is 3.79. The zero-order chi connectivity index (χ0) is 18.6. The predicted molar refractivity (Wildman–Crippen MR) is 104 cm³/mol. The molecule has 2 aromatic heterocycles. The van der Waals surface area contributed by atoms with Crippen molar-refractivity contribution >= 4 is 22.6 Å². The fraction of sp³-hybridized carbons (Fsp3) is 0.0952. The molecule has 6 heteroatoms. The largest absolute Gasteiger partial charge is 0.486 e. The molecular formula is C21H18N4O2. The van der Waals surface area contributed by atoms with Crippen LogP contribution in [0.25, 0.3) is 10.9 Å². The van der Waals surface area contributed by atoms with Gasteiger partial charge >= 0.3 is 0 Å². The number of pyridine rings is 1. The van der Waals surface area contributed by atoms with Crippen molar-refractivity contribution in [1.29, 1.82) is 0 Å². The van der Waals surface area contributed by atoms with Crippen molar-refractivity contribution in [2.75, 3.05) is 5.32 Å². The molecule has 1 amide bonds. The predicted octanol–water partition coefficient (Wildman–Crippen LogP) is 3.80. The first kappa shape index (κ1) is 16.8. The number of nitrogens with one attached hydrogen (secondary N) is 1. The van der Waals surface area contributed by atoms with Crippen molar-refractivity contribution in [3.8, 4) is 5.75 Å². The van der Waals surface area contributed by atoms with Crippen LogP contribution in [0.5, 0.6) is 5.75 Å². The summed E-state index contributed by atoms with van der Waals surface area (Å²) >= 11 is 0. The summed E-state index contributed by atoms with van der Waals surface area (Å²) in [4.78, 5) is 21.1. The van der Waals surface area contributed by atoms with E-state index in [4.69, 9.17) is 4.74 Å². The number of aryl methyl sites for hydroxylation is 1. The van der Waals surface area contributed by atoms with Gasteiger partial charge in [-0.25, -0.2) is 9.97 Å². The van der Waals surface area contributed by atoms with Crippen LogP contribution in [0.4, 0.5) is 5.82 Å². The summed E-state index contributed by atoms with van der Waals surface area (Å²) < 4.78 is 7.61. The van der Waals surface area contributed by atoms with Gasteiger partial charge < -0.3 is 14.6 Å². The first-order valence-corrected chi connectivity index (χ1v) is 8.55. The van der Waals surface area contributed by atoms with Gasteiger partial charge in [-0.1, -0.05) is 18.2 Å². The Labute approximate surface area is 156 Å². The molecule has 4 rings (SSSR count). The van der Waals surface area contributed by atoms with E-state index in [1.807, 2.05) is 48.1 Å². The Morgan fingerprint density at radius 2 is 1.89 bits per heavy atom. The van der Waals surface area contributed by atoms with Crippen molar-refractivity contribution in [3.05, 3.63) is 84.4 Å². The molecule has 0 unspecified atom stereocenters. The van der Waals surface area contributed by atoms with Crippen LogP contribution >= 0.6 is 0 Å². The molecule has 1 N–H and O–H groups in total. The number of carbonyl (C=O) groups is 1. The SMILES string of the molecule is Cn1ccnc1COc1ccc(C(=O)Nc2ccc3ccccc3n2)cc1. The third-order valence-corrected chi connectivity index (χ3v) is 4.25. The van der Waals surface area contributed by atoms with E-state index in [-0.39, 0.29) is 5.91 Å². The van der Waals surface area contributed by atoms with Crippen LogP contribution < -0.4 is 10.1 Å². The lowest BCUT2D eigenvalue weighted by Gasteiger charge is -2.08. The Kier molecular flexibility index (Phi) is 4.53. The number of hydrogen-bond donors (Lipinski definition) is 1. The van der Waals surface area contributed by atoms with Gasteiger partial charge in [0.25, 0.3) is 5.91 Å². The number of benzene rings is 2. The minimum absolute atomic E-state index is 0.214. The number of hydrogen-bond acceptors (Lipinski definition) is 4. The first-order valence-electron chi connectivity index (χ1n) is 8.55. The molecule has 0 fully saturated rings. The Hall–Kier alpha value is -3.67. The van der Waals surface area contributed by atoms with Crippen LogP contribution in [0.15, 0.2) is 73.1 Å². The minimum Gasteiger partial charge on any atom is -0.486 e. The minimum atomic E-state index is -0.214. The Morgan fingerprint density at radius 1 is 1.07 bits per heavy atom. The smallest absolute Gasteiger partial charge is 0.256 e. The highest BCUT2D eigenvalue weighted by atomic mass is 16.5. The van der Waals surface area contributed by atoms with Crippen LogP contribution in [0, 0.1) is 0 Å². The van der Waals surface area contributed by atoms with Crippen molar-refractivity contribution in [1.82, 2.24) is 14.5 Å². The summed E-state index contributed by atoms with van der Waals surface area (Å²) in [5.74, 6) is 1.82. The molecule has 0 saturated heterocycles. The van der Waals surface area contributed by atoms with E-state index in [1.165, 1.54) is 0 Å². The fourth-order valence-corrected chi connectivity index (χ4v) is 2.71. The molecule has 0 atom stereocenters. The second kappa shape index (κ2) is 7.29. The van der Waals surface area contributed by atoms with Gasteiger partial charge in [-0.2, -0.15) is 0 Å². The number of aromatic nitrogens is 3. The number of nitrogens with zero attached hydrogens (tertiary/aromatic N) is 3. The lowest BCUT2D eigenvalue weighted by Crippen LogP contribution is -2.12. The number of fused-ring (bicyclic) bond motifs is 1. The molecule has 0 bridgehead atoms. The molecule has 0 radical (unpaired) electrons. The topological polar surface area (TPSA) is 69.0 Å². The Bertz CT molecular complexity index is 1090. The van der Waals surface area contributed by atoms with Crippen molar-refractivity contribution < 1.29 is 9.53 Å². The molecule has 0 saturated carbocycles. The van der Waals surface area contributed by atoms with Gasteiger partial charge in [0.05, 0.1) is 5.52 Å². The van der Waals surface area contributed by atoms with E-state index in [0.29, 0.717) is 23.7 Å². The molecule has 2 heterocycles. The number of para-hydroxylation sites is 1. The molecule has 27 heavy (non-hydrogen) atoms. The van der Waals surface area contributed by atoms with E-state index in [9.17, 15) is 4.79 Å². The lowest BCUT2D eigenvalue weighted by molar-refractivity contribution is 0.102. The van der Waals surface area contributed by atoms with Gasteiger partial charge in [-0.3, -0.25) is 4.79 Å². The Balaban J connectivity index is 1.41. The standard InChI is InChI=1S/C21H18N4O2/c1-25-13-12-22-20(25)14-27-17-9-6-16(7-10-17)21(26)24-19-11-8-15-4-2-3-5-18(15)23-19/h2-13H,14H2,1H3,(H,23,24,26). The number of amides is 1. The maximum absolute atomic E-state index is 12.4. The monoisotopic (exact) mass is 358 g/mol. The quantitative estimate of drug-likeness (QED) is 0.589. The maximum atomic E-state index is 12.4. The highest BCUT2D eigenvalue weighted by molar-refractivity contribution is 6.04. The van der Waals surface area contributed by atoms with Crippen molar-refractivity contribution in [2.24, 2.45) is 7.05 Å². The average molecular weight is 358 g/mol. The summed E-state index contributed by atoms with van der Waals surface area (Å²) in [6.45, 7) is 0.371. The zero-order valence-electron chi connectivity index (χ0n) is 14.8. The first-order chi connectivity index (χ1) is 13.2. The average Bonchev–Trinajstić information content (AvgIpc) is 3.11. The van der Waals surface area contributed by atoms with Crippen LogP contribution in [0.2, 0.25) is 0 Å². The van der Waals surface area contributed by atoms with Crippen LogP contribution in [-0.4, -0.2) is 20.4 Å². The highest BCUT2D eigenvalue weighted by Gasteiger charge is 2.08. The number of carbonyl (C=O) groups excluding carboxylic acids is 1. The molecule has 0 spiro atoms. The number of anilines is 1. The molecule has 6 nitrogen and oxygen atoms in total. The second-order valence-corrected chi connectivity index (χ2v) is 6.11. The third-order valence-electron chi connectivity index (χ3n) is 4.25. The number of rotatable bonds is 5. The number of ether oxygens (including phenoxy) is 1. The molecule has 0 aliphatic carbocycles. The van der Waals surface area contributed by atoms with Gasteiger partial charge in [0, 0.05) is 30.4 Å². The summed E-state index contributed by atoms with van der Waals surface area (Å²) in [5, 5.41) is 3.86. The van der Waals surface area contributed by atoms with Gasteiger partial charge in [-0.05, 0) is 42.5 Å². The molecular weight excluding hydrogens is 340 g/mol.